The van der Waals surface area contributed by atoms with Gasteiger partial charge in [0.15, 0.2) is 11.5 Å². The standard InChI is InChI=1S/C25H25IN2O3/c1-17-4-8-21(18(2)12-17)14-25(29)28-27-15-20-7-11-23(24(13-20)30-3)31-16-19-5-9-22(26)10-6-19/h4-13,15H,14,16H2,1-3H3,(H,28,29)/b27-15-. The maximum Gasteiger partial charge on any atom is 0.244 e. The van der Waals surface area contributed by atoms with E-state index in [9.17, 15) is 4.79 Å². The molecule has 0 aliphatic rings. The van der Waals surface area contributed by atoms with Gasteiger partial charge >= 0.3 is 0 Å². The number of carbonyl (C=O) groups excluding carboxylic acids is 1. The van der Waals surface area contributed by atoms with Crippen molar-refractivity contribution in [2.75, 3.05) is 7.11 Å². The summed E-state index contributed by atoms with van der Waals surface area (Å²) in [4.78, 5) is 12.2. The predicted molar refractivity (Wildman–Crippen MR) is 132 cm³/mol. The number of nitrogens with one attached hydrogen (secondary N) is 1. The van der Waals surface area contributed by atoms with Crippen LogP contribution in [-0.2, 0) is 17.8 Å². The molecule has 0 aliphatic heterocycles. The molecule has 0 bridgehead atoms. The lowest BCUT2D eigenvalue weighted by Gasteiger charge is -2.11. The third-order valence-electron chi connectivity index (χ3n) is 4.75. The number of hydrogen-bond donors (Lipinski definition) is 1. The number of amides is 1. The van der Waals surface area contributed by atoms with Gasteiger partial charge in [-0.25, -0.2) is 5.43 Å². The van der Waals surface area contributed by atoms with Gasteiger partial charge in [0.25, 0.3) is 0 Å². The summed E-state index contributed by atoms with van der Waals surface area (Å²) < 4.78 is 12.5. The van der Waals surface area contributed by atoms with Gasteiger partial charge in [-0.1, -0.05) is 35.9 Å². The van der Waals surface area contributed by atoms with Crippen LogP contribution in [0.2, 0.25) is 0 Å². The molecule has 5 nitrogen and oxygen atoms in total. The van der Waals surface area contributed by atoms with Crippen molar-refractivity contribution in [1.29, 1.82) is 0 Å². The zero-order valence-corrected chi connectivity index (χ0v) is 20.0. The van der Waals surface area contributed by atoms with Crippen LogP contribution in [0.25, 0.3) is 0 Å². The Morgan fingerprint density at radius 2 is 1.81 bits per heavy atom. The Hall–Kier alpha value is -2.87. The number of nitrogens with zero attached hydrogens (tertiary/aromatic N) is 1. The Morgan fingerprint density at radius 3 is 2.52 bits per heavy atom. The van der Waals surface area contributed by atoms with Crippen LogP contribution in [0.5, 0.6) is 11.5 Å². The Kier molecular flexibility index (Phi) is 8.06. The number of carbonyl (C=O) groups is 1. The molecule has 0 saturated heterocycles. The van der Waals surface area contributed by atoms with E-state index in [-0.39, 0.29) is 12.3 Å². The van der Waals surface area contributed by atoms with Crippen molar-refractivity contribution in [1.82, 2.24) is 5.43 Å². The summed E-state index contributed by atoms with van der Waals surface area (Å²) in [5.41, 5.74) is 7.74. The second-order valence-electron chi connectivity index (χ2n) is 7.23. The number of hydrogen-bond acceptors (Lipinski definition) is 4. The van der Waals surface area contributed by atoms with Crippen molar-refractivity contribution >= 4 is 34.7 Å². The van der Waals surface area contributed by atoms with Crippen molar-refractivity contribution in [2.24, 2.45) is 5.10 Å². The molecule has 0 radical (unpaired) electrons. The quantitative estimate of drug-likeness (QED) is 0.249. The average molecular weight is 528 g/mol. The molecule has 3 aromatic carbocycles. The maximum atomic E-state index is 12.2. The Balaban J connectivity index is 1.57. The number of rotatable bonds is 8. The molecule has 0 saturated carbocycles. The zero-order chi connectivity index (χ0) is 22.2. The largest absolute Gasteiger partial charge is 0.493 e. The highest BCUT2D eigenvalue weighted by molar-refractivity contribution is 14.1. The first-order valence-corrected chi connectivity index (χ1v) is 11.0. The minimum absolute atomic E-state index is 0.160. The van der Waals surface area contributed by atoms with Crippen LogP contribution in [0.1, 0.15) is 27.8 Å². The number of benzene rings is 3. The number of hydrazone groups is 1. The molecular formula is C25H25IN2O3. The fourth-order valence-electron chi connectivity index (χ4n) is 3.06. The molecule has 0 aliphatic carbocycles. The van der Waals surface area contributed by atoms with Gasteiger partial charge in [-0.2, -0.15) is 5.10 Å². The van der Waals surface area contributed by atoms with Crippen LogP contribution in [0.15, 0.2) is 65.8 Å². The monoisotopic (exact) mass is 528 g/mol. The van der Waals surface area contributed by atoms with E-state index < -0.39 is 0 Å². The summed E-state index contributed by atoms with van der Waals surface area (Å²) in [5.74, 6) is 1.10. The highest BCUT2D eigenvalue weighted by Crippen LogP contribution is 2.28. The summed E-state index contributed by atoms with van der Waals surface area (Å²) in [6, 6.07) is 19.8. The van der Waals surface area contributed by atoms with E-state index in [1.807, 2.05) is 68.4 Å². The topological polar surface area (TPSA) is 59.9 Å². The maximum absolute atomic E-state index is 12.2. The Bertz CT molecular complexity index is 1080. The molecule has 3 rings (SSSR count). The van der Waals surface area contributed by atoms with E-state index >= 15 is 0 Å². The number of aryl methyl sites for hydroxylation is 2. The molecule has 3 aromatic rings. The van der Waals surface area contributed by atoms with Crippen molar-refractivity contribution in [3.8, 4) is 11.5 Å². The number of halogens is 1. The minimum atomic E-state index is -0.160. The first-order valence-electron chi connectivity index (χ1n) is 9.88. The van der Waals surface area contributed by atoms with E-state index in [2.05, 4.69) is 39.2 Å². The van der Waals surface area contributed by atoms with Gasteiger partial charge in [0.1, 0.15) is 6.61 Å². The van der Waals surface area contributed by atoms with Crippen molar-refractivity contribution in [3.63, 3.8) is 0 Å². The molecule has 6 heteroatoms. The lowest BCUT2D eigenvalue weighted by atomic mass is 10.0. The molecule has 31 heavy (non-hydrogen) atoms. The van der Waals surface area contributed by atoms with Crippen LogP contribution in [-0.4, -0.2) is 19.2 Å². The van der Waals surface area contributed by atoms with Crippen LogP contribution in [0.3, 0.4) is 0 Å². The molecule has 0 aromatic heterocycles. The summed E-state index contributed by atoms with van der Waals surface area (Å²) in [7, 11) is 1.60. The van der Waals surface area contributed by atoms with E-state index in [4.69, 9.17) is 9.47 Å². The zero-order valence-electron chi connectivity index (χ0n) is 17.8. The molecule has 1 amide bonds. The number of methoxy groups -OCH3 is 1. The lowest BCUT2D eigenvalue weighted by molar-refractivity contribution is -0.120. The fraction of sp³-hybridized carbons (Fsp3) is 0.200. The highest BCUT2D eigenvalue weighted by atomic mass is 127. The fourth-order valence-corrected chi connectivity index (χ4v) is 3.42. The van der Waals surface area contributed by atoms with Gasteiger partial charge in [-0.15, -0.1) is 0 Å². The third-order valence-corrected chi connectivity index (χ3v) is 5.47. The molecule has 0 atom stereocenters. The Morgan fingerprint density at radius 1 is 1.03 bits per heavy atom. The van der Waals surface area contributed by atoms with E-state index in [0.717, 1.165) is 22.3 Å². The Labute approximate surface area is 196 Å². The van der Waals surface area contributed by atoms with Crippen molar-refractivity contribution in [2.45, 2.75) is 26.9 Å². The van der Waals surface area contributed by atoms with Crippen molar-refractivity contribution < 1.29 is 14.3 Å². The number of ether oxygens (including phenoxy) is 2. The average Bonchev–Trinajstić information content (AvgIpc) is 2.75. The predicted octanol–water partition coefficient (Wildman–Crippen LogP) is 5.19. The summed E-state index contributed by atoms with van der Waals surface area (Å²) in [5, 5.41) is 4.07. The smallest absolute Gasteiger partial charge is 0.244 e. The molecular weight excluding hydrogens is 503 g/mol. The lowest BCUT2D eigenvalue weighted by Crippen LogP contribution is -2.20. The van der Waals surface area contributed by atoms with Crippen LogP contribution in [0, 0.1) is 17.4 Å². The molecule has 0 spiro atoms. The summed E-state index contributed by atoms with van der Waals surface area (Å²) in [6.45, 7) is 4.50. The third kappa shape index (κ3) is 6.82. The van der Waals surface area contributed by atoms with Gasteiger partial charge in [0, 0.05) is 3.57 Å². The molecule has 0 heterocycles. The van der Waals surface area contributed by atoms with Crippen LogP contribution in [0.4, 0.5) is 0 Å². The second-order valence-corrected chi connectivity index (χ2v) is 8.47. The van der Waals surface area contributed by atoms with Gasteiger partial charge in [-0.3, -0.25) is 4.79 Å². The molecule has 160 valence electrons. The molecule has 0 fully saturated rings. The van der Waals surface area contributed by atoms with Gasteiger partial charge in [-0.05, 0) is 89.0 Å². The first kappa shape index (κ1) is 22.8. The van der Waals surface area contributed by atoms with E-state index in [1.54, 1.807) is 13.3 Å². The van der Waals surface area contributed by atoms with Crippen LogP contribution < -0.4 is 14.9 Å². The minimum Gasteiger partial charge on any atom is -0.493 e. The normalized spacial score (nSPS) is 10.8. The first-order chi connectivity index (χ1) is 14.9. The van der Waals surface area contributed by atoms with Gasteiger partial charge < -0.3 is 9.47 Å². The SMILES string of the molecule is COc1cc(/C=N\NC(=O)Cc2ccc(C)cc2C)ccc1OCc1ccc(I)cc1. The highest BCUT2D eigenvalue weighted by Gasteiger charge is 2.07. The summed E-state index contributed by atoms with van der Waals surface area (Å²) >= 11 is 2.27. The molecule has 1 N–H and O–H groups in total. The van der Waals surface area contributed by atoms with Crippen LogP contribution >= 0.6 is 22.6 Å². The summed E-state index contributed by atoms with van der Waals surface area (Å²) in [6.07, 6.45) is 1.88. The van der Waals surface area contributed by atoms with Gasteiger partial charge in [0.2, 0.25) is 5.91 Å². The van der Waals surface area contributed by atoms with Crippen molar-refractivity contribution in [3.05, 3.63) is 92.1 Å². The molecule has 0 unspecified atom stereocenters. The van der Waals surface area contributed by atoms with E-state index in [0.29, 0.717) is 18.1 Å². The van der Waals surface area contributed by atoms with Gasteiger partial charge in [0.05, 0.1) is 19.7 Å². The van der Waals surface area contributed by atoms with E-state index in [1.165, 1.54) is 9.13 Å². The second kappa shape index (κ2) is 10.9.